The zero-order valence-corrected chi connectivity index (χ0v) is 16.5. The van der Waals surface area contributed by atoms with E-state index in [1.54, 1.807) is 12.1 Å². The lowest BCUT2D eigenvalue weighted by Gasteiger charge is -2.33. The molecule has 1 heterocycles. The van der Waals surface area contributed by atoms with Crippen molar-refractivity contribution in [2.75, 3.05) is 26.2 Å². The van der Waals surface area contributed by atoms with Crippen LogP contribution in [0.15, 0.2) is 71.8 Å². The summed E-state index contributed by atoms with van der Waals surface area (Å²) in [5.74, 6) is 0. The van der Waals surface area contributed by atoms with Gasteiger partial charge in [-0.1, -0.05) is 42.5 Å². The van der Waals surface area contributed by atoms with E-state index >= 15 is 0 Å². The number of rotatable bonds is 5. The summed E-state index contributed by atoms with van der Waals surface area (Å²) in [6.45, 7) is 6.55. The minimum absolute atomic E-state index is 0.101. The van der Waals surface area contributed by atoms with E-state index in [0.717, 1.165) is 44.0 Å². The van der Waals surface area contributed by atoms with E-state index in [1.807, 2.05) is 6.92 Å². The maximum atomic E-state index is 10.8. The Hall–Kier alpha value is -3.25. The molecule has 6 nitrogen and oxygen atoms in total. The van der Waals surface area contributed by atoms with E-state index in [0.29, 0.717) is 0 Å². The number of hydrogen-bond acceptors (Lipinski definition) is 5. The lowest BCUT2D eigenvalue weighted by molar-refractivity contribution is -0.384. The summed E-state index contributed by atoms with van der Waals surface area (Å²) in [7, 11) is 0. The first-order valence-electron chi connectivity index (χ1n) is 9.84. The molecule has 1 aliphatic heterocycles. The van der Waals surface area contributed by atoms with Gasteiger partial charge in [0.2, 0.25) is 0 Å². The number of non-ortho nitro benzene ring substituents is 1. The summed E-state index contributed by atoms with van der Waals surface area (Å²) in [6.07, 6.45) is 0. The first kappa shape index (κ1) is 19.1. The second-order valence-corrected chi connectivity index (χ2v) is 7.36. The van der Waals surface area contributed by atoms with Crippen molar-refractivity contribution in [3.05, 3.63) is 88.0 Å². The second-order valence-electron chi connectivity index (χ2n) is 7.36. The number of fused-ring (bicyclic) bond motifs is 1. The Morgan fingerprint density at radius 3 is 2.38 bits per heavy atom. The van der Waals surface area contributed by atoms with Gasteiger partial charge in [-0.05, 0) is 41.0 Å². The van der Waals surface area contributed by atoms with E-state index < -0.39 is 0 Å². The Kier molecular flexibility index (Phi) is 5.53. The van der Waals surface area contributed by atoms with E-state index in [2.05, 4.69) is 52.4 Å². The molecule has 0 amide bonds. The molecule has 148 valence electrons. The molecule has 0 spiro atoms. The fraction of sp³-hybridized carbons (Fsp3) is 0.261. The smallest absolute Gasteiger partial charge is 0.269 e. The number of benzene rings is 3. The average molecular weight is 388 g/mol. The van der Waals surface area contributed by atoms with E-state index in [9.17, 15) is 10.1 Å². The molecule has 3 aromatic rings. The van der Waals surface area contributed by atoms with Crippen LogP contribution < -0.4 is 0 Å². The quantitative estimate of drug-likeness (QED) is 0.372. The highest BCUT2D eigenvalue weighted by atomic mass is 16.6. The van der Waals surface area contributed by atoms with Crippen molar-refractivity contribution in [1.82, 2.24) is 9.91 Å². The summed E-state index contributed by atoms with van der Waals surface area (Å²) in [5, 5.41) is 20.2. The highest BCUT2D eigenvalue weighted by Gasteiger charge is 2.17. The van der Waals surface area contributed by atoms with Crippen molar-refractivity contribution in [2.45, 2.75) is 13.5 Å². The van der Waals surface area contributed by atoms with Crippen LogP contribution in [0.4, 0.5) is 5.69 Å². The van der Waals surface area contributed by atoms with Crippen LogP contribution in [0.2, 0.25) is 0 Å². The van der Waals surface area contributed by atoms with Crippen molar-refractivity contribution in [3.63, 3.8) is 0 Å². The highest BCUT2D eigenvalue weighted by molar-refractivity contribution is 5.98. The third-order valence-electron chi connectivity index (χ3n) is 5.41. The predicted octanol–water partition coefficient (Wildman–Crippen LogP) is 4.29. The molecule has 3 aromatic carbocycles. The number of nitro groups is 1. The molecule has 1 saturated heterocycles. The largest absolute Gasteiger partial charge is 0.295 e. The van der Waals surface area contributed by atoms with Gasteiger partial charge in [0.1, 0.15) is 0 Å². The molecule has 0 radical (unpaired) electrons. The van der Waals surface area contributed by atoms with Crippen LogP contribution in [0, 0.1) is 10.1 Å². The van der Waals surface area contributed by atoms with Gasteiger partial charge in [0.05, 0.1) is 10.6 Å². The molecule has 1 aliphatic rings. The van der Waals surface area contributed by atoms with Gasteiger partial charge in [0.15, 0.2) is 0 Å². The molecule has 0 N–H and O–H groups in total. The Morgan fingerprint density at radius 1 is 0.966 bits per heavy atom. The van der Waals surface area contributed by atoms with Crippen LogP contribution in [0.1, 0.15) is 18.1 Å². The maximum Gasteiger partial charge on any atom is 0.269 e. The molecular weight excluding hydrogens is 364 g/mol. The van der Waals surface area contributed by atoms with Gasteiger partial charge in [-0.2, -0.15) is 5.10 Å². The number of piperazine rings is 1. The molecule has 0 aliphatic carbocycles. The lowest BCUT2D eigenvalue weighted by atomic mass is 10.0. The molecule has 0 bridgehead atoms. The molecule has 0 unspecified atom stereocenters. The summed E-state index contributed by atoms with van der Waals surface area (Å²) < 4.78 is 0. The lowest BCUT2D eigenvalue weighted by Crippen LogP contribution is -2.43. The fourth-order valence-corrected chi connectivity index (χ4v) is 3.76. The Bertz CT molecular complexity index is 1030. The third kappa shape index (κ3) is 4.43. The number of nitrogens with zero attached hydrogens (tertiary/aromatic N) is 4. The topological polar surface area (TPSA) is 62.0 Å². The molecular formula is C23H24N4O2. The zero-order valence-electron chi connectivity index (χ0n) is 16.5. The minimum atomic E-state index is -0.384. The van der Waals surface area contributed by atoms with E-state index in [4.69, 9.17) is 5.10 Å². The van der Waals surface area contributed by atoms with E-state index in [1.165, 1.54) is 28.5 Å². The summed E-state index contributed by atoms with van der Waals surface area (Å²) in [4.78, 5) is 12.9. The van der Waals surface area contributed by atoms with Crippen molar-refractivity contribution < 1.29 is 4.92 Å². The van der Waals surface area contributed by atoms with Crippen molar-refractivity contribution >= 4 is 22.2 Å². The second kappa shape index (κ2) is 8.41. The van der Waals surface area contributed by atoms with E-state index in [-0.39, 0.29) is 10.6 Å². The first-order valence-corrected chi connectivity index (χ1v) is 9.84. The molecule has 1 fully saturated rings. The molecule has 0 aromatic heterocycles. The Morgan fingerprint density at radius 2 is 1.66 bits per heavy atom. The SMILES string of the molecule is CC(=NN1CCN(Cc2cccc3ccccc23)CC1)c1ccc([N+](=O)[O-])cc1. The number of nitro benzene ring substituents is 1. The molecule has 0 saturated carbocycles. The normalized spacial score (nSPS) is 15.6. The predicted molar refractivity (Wildman–Crippen MR) is 116 cm³/mol. The van der Waals surface area contributed by atoms with Crippen LogP contribution in [0.3, 0.4) is 0 Å². The van der Waals surface area contributed by atoms with Gasteiger partial charge in [-0.15, -0.1) is 0 Å². The third-order valence-corrected chi connectivity index (χ3v) is 5.41. The van der Waals surface area contributed by atoms with Gasteiger partial charge in [-0.25, -0.2) is 0 Å². The van der Waals surface area contributed by atoms with Crippen molar-refractivity contribution in [2.24, 2.45) is 5.10 Å². The fourth-order valence-electron chi connectivity index (χ4n) is 3.76. The summed E-state index contributed by atoms with van der Waals surface area (Å²) in [6, 6.07) is 21.6. The van der Waals surface area contributed by atoms with Crippen LogP contribution in [0.5, 0.6) is 0 Å². The van der Waals surface area contributed by atoms with Crippen LogP contribution >= 0.6 is 0 Å². The monoisotopic (exact) mass is 388 g/mol. The Balaban J connectivity index is 1.37. The standard InChI is InChI=1S/C23H24N4O2/c1-18(19-9-11-22(12-10-19)27(28)29)24-26-15-13-25(14-16-26)17-21-7-4-6-20-5-2-3-8-23(20)21/h2-12H,13-17H2,1H3. The van der Waals surface area contributed by atoms with Crippen LogP contribution in [0.25, 0.3) is 10.8 Å². The average Bonchev–Trinajstić information content (AvgIpc) is 2.75. The van der Waals surface area contributed by atoms with Crippen LogP contribution in [-0.4, -0.2) is 46.7 Å². The molecule has 6 heteroatoms. The summed E-state index contributed by atoms with van der Waals surface area (Å²) in [5.41, 5.74) is 3.25. The van der Waals surface area contributed by atoms with Crippen molar-refractivity contribution in [3.8, 4) is 0 Å². The maximum absolute atomic E-state index is 10.8. The van der Waals surface area contributed by atoms with Gasteiger partial charge >= 0.3 is 0 Å². The first-order chi connectivity index (χ1) is 14.1. The highest BCUT2D eigenvalue weighted by Crippen LogP contribution is 2.21. The Labute approximate surface area is 170 Å². The number of hydrazone groups is 1. The van der Waals surface area contributed by atoms with Gasteiger partial charge in [0.25, 0.3) is 5.69 Å². The minimum Gasteiger partial charge on any atom is -0.295 e. The number of hydrogen-bond donors (Lipinski definition) is 0. The summed E-state index contributed by atoms with van der Waals surface area (Å²) >= 11 is 0. The van der Waals surface area contributed by atoms with Crippen LogP contribution in [-0.2, 0) is 6.54 Å². The zero-order chi connectivity index (χ0) is 20.2. The van der Waals surface area contributed by atoms with Gasteiger partial charge in [-0.3, -0.25) is 20.0 Å². The molecule has 4 rings (SSSR count). The van der Waals surface area contributed by atoms with Gasteiger partial charge in [0, 0.05) is 44.9 Å². The van der Waals surface area contributed by atoms with Gasteiger partial charge < -0.3 is 0 Å². The molecule has 0 atom stereocenters. The molecule has 29 heavy (non-hydrogen) atoms. The van der Waals surface area contributed by atoms with Crippen molar-refractivity contribution in [1.29, 1.82) is 0 Å².